The zero-order valence-corrected chi connectivity index (χ0v) is 17.9. The molecule has 0 saturated carbocycles. The van der Waals surface area contributed by atoms with E-state index in [0.717, 1.165) is 16.7 Å². The van der Waals surface area contributed by atoms with Crippen LogP contribution in [0.4, 0.5) is 0 Å². The second-order valence-corrected chi connectivity index (χ2v) is 7.91. The molecule has 2 atom stereocenters. The van der Waals surface area contributed by atoms with E-state index in [1.165, 1.54) is 0 Å². The van der Waals surface area contributed by atoms with Crippen LogP contribution in [0.25, 0.3) is 11.0 Å². The number of fused-ring (bicyclic) bond motifs is 1. The van der Waals surface area contributed by atoms with Gasteiger partial charge in [-0.25, -0.2) is 0 Å². The van der Waals surface area contributed by atoms with Crippen molar-refractivity contribution < 1.29 is 18.7 Å². The highest BCUT2D eigenvalue weighted by atomic mass is 32.2. The first kappa shape index (κ1) is 21.8. The summed E-state index contributed by atoms with van der Waals surface area (Å²) >= 11 is 1.62. The molecule has 0 fully saturated rings. The lowest BCUT2D eigenvalue weighted by Crippen LogP contribution is -2.48. The highest BCUT2D eigenvalue weighted by Crippen LogP contribution is 2.23. The van der Waals surface area contributed by atoms with Crippen molar-refractivity contribution in [2.75, 3.05) is 18.6 Å². The first-order chi connectivity index (χ1) is 14.6. The van der Waals surface area contributed by atoms with E-state index in [-0.39, 0.29) is 24.5 Å². The molecule has 0 spiro atoms. The Labute approximate surface area is 180 Å². The standard InChI is InChI=1S/C23H26N2O4S/c1-16(21-14-17-8-6-7-11-20(17)29-21)24-23(27)19(12-13-30-2)25-22(26)15-28-18-9-4-3-5-10-18/h3-11,14,16,19H,12-13,15H2,1-2H3,(H,24,27)(H,25,26). The number of carbonyl (C=O) groups is 2. The fraction of sp³-hybridized carbons (Fsp3) is 0.304. The Balaban J connectivity index is 1.58. The summed E-state index contributed by atoms with van der Waals surface area (Å²) in [7, 11) is 0. The highest BCUT2D eigenvalue weighted by molar-refractivity contribution is 7.98. The summed E-state index contributed by atoms with van der Waals surface area (Å²) in [6, 6.07) is 17.8. The zero-order valence-electron chi connectivity index (χ0n) is 17.1. The van der Waals surface area contributed by atoms with Crippen molar-refractivity contribution in [3.05, 3.63) is 66.4 Å². The molecule has 2 amide bonds. The van der Waals surface area contributed by atoms with Crippen LogP contribution in [-0.2, 0) is 9.59 Å². The molecule has 0 radical (unpaired) electrons. The minimum absolute atomic E-state index is 0.147. The first-order valence-electron chi connectivity index (χ1n) is 9.82. The van der Waals surface area contributed by atoms with Gasteiger partial charge in [0.2, 0.25) is 5.91 Å². The number of ether oxygens (including phenoxy) is 1. The zero-order chi connectivity index (χ0) is 21.3. The number of hydrogen-bond donors (Lipinski definition) is 2. The van der Waals surface area contributed by atoms with Gasteiger partial charge >= 0.3 is 0 Å². The molecule has 0 aliphatic heterocycles. The lowest BCUT2D eigenvalue weighted by Gasteiger charge is -2.20. The molecule has 6 nitrogen and oxygen atoms in total. The van der Waals surface area contributed by atoms with Crippen molar-refractivity contribution in [1.82, 2.24) is 10.6 Å². The monoisotopic (exact) mass is 426 g/mol. The molecule has 0 saturated heterocycles. The minimum Gasteiger partial charge on any atom is -0.484 e. The number of carbonyl (C=O) groups excluding carboxylic acids is 2. The summed E-state index contributed by atoms with van der Waals surface area (Å²) in [6.07, 6.45) is 2.49. The minimum atomic E-state index is -0.642. The van der Waals surface area contributed by atoms with E-state index in [2.05, 4.69) is 10.6 Å². The van der Waals surface area contributed by atoms with Gasteiger partial charge in [-0.1, -0.05) is 36.4 Å². The van der Waals surface area contributed by atoms with Crippen molar-refractivity contribution in [3.8, 4) is 5.75 Å². The summed E-state index contributed by atoms with van der Waals surface area (Å²) in [5.74, 6) is 1.45. The van der Waals surface area contributed by atoms with E-state index in [0.29, 0.717) is 17.9 Å². The maximum absolute atomic E-state index is 12.8. The molecule has 0 aliphatic carbocycles. The number of nitrogens with one attached hydrogen (secondary N) is 2. The summed E-state index contributed by atoms with van der Waals surface area (Å²) in [5, 5.41) is 6.72. The predicted molar refractivity (Wildman–Crippen MR) is 120 cm³/mol. The van der Waals surface area contributed by atoms with Gasteiger partial charge in [0.25, 0.3) is 5.91 Å². The normalized spacial score (nSPS) is 12.9. The Kier molecular flexibility index (Phi) is 7.79. The highest BCUT2D eigenvalue weighted by Gasteiger charge is 2.23. The maximum atomic E-state index is 12.8. The Bertz CT molecular complexity index is 941. The second kappa shape index (κ2) is 10.7. The molecule has 0 bridgehead atoms. The summed E-state index contributed by atoms with van der Waals surface area (Å²) in [4.78, 5) is 25.2. The molecule has 0 aliphatic rings. The fourth-order valence-electron chi connectivity index (χ4n) is 3.01. The van der Waals surface area contributed by atoms with Gasteiger partial charge in [-0.3, -0.25) is 9.59 Å². The molecule has 3 rings (SSSR count). The van der Waals surface area contributed by atoms with Crippen LogP contribution in [0.3, 0.4) is 0 Å². The number of amides is 2. The van der Waals surface area contributed by atoms with Crippen LogP contribution in [0, 0.1) is 0 Å². The van der Waals surface area contributed by atoms with E-state index in [9.17, 15) is 9.59 Å². The Hall–Kier alpha value is -2.93. The number of thioether (sulfide) groups is 1. The molecule has 1 heterocycles. The van der Waals surface area contributed by atoms with Crippen LogP contribution in [0.15, 0.2) is 65.1 Å². The van der Waals surface area contributed by atoms with Crippen LogP contribution in [0.1, 0.15) is 25.1 Å². The van der Waals surface area contributed by atoms with Gasteiger partial charge < -0.3 is 19.8 Å². The topological polar surface area (TPSA) is 80.6 Å². The Morgan fingerprint density at radius 2 is 1.80 bits per heavy atom. The van der Waals surface area contributed by atoms with E-state index in [1.807, 2.05) is 61.7 Å². The quantitative estimate of drug-likeness (QED) is 0.514. The molecule has 2 aromatic carbocycles. The second-order valence-electron chi connectivity index (χ2n) is 6.92. The molecule has 3 aromatic rings. The number of hydrogen-bond acceptors (Lipinski definition) is 5. The third kappa shape index (κ3) is 6.03. The number of benzene rings is 2. The Morgan fingerprint density at radius 3 is 2.53 bits per heavy atom. The van der Waals surface area contributed by atoms with Crippen molar-refractivity contribution in [3.63, 3.8) is 0 Å². The van der Waals surface area contributed by atoms with Crippen LogP contribution in [0.5, 0.6) is 5.75 Å². The van der Waals surface area contributed by atoms with Gasteiger partial charge in [-0.15, -0.1) is 0 Å². The van der Waals surface area contributed by atoms with E-state index >= 15 is 0 Å². The van der Waals surface area contributed by atoms with Crippen LogP contribution >= 0.6 is 11.8 Å². The average molecular weight is 427 g/mol. The largest absolute Gasteiger partial charge is 0.484 e. The number of para-hydroxylation sites is 2. The lowest BCUT2D eigenvalue weighted by molar-refractivity contribution is -0.130. The van der Waals surface area contributed by atoms with Crippen molar-refractivity contribution >= 4 is 34.5 Å². The maximum Gasteiger partial charge on any atom is 0.258 e. The van der Waals surface area contributed by atoms with Crippen molar-refractivity contribution in [2.45, 2.75) is 25.4 Å². The number of rotatable bonds is 10. The van der Waals surface area contributed by atoms with Crippen LogP contribution in [-0.4, -0.2) is 36.5 Å². The van der Waals surface area contributed by atoms with Gasteiger partial charge in [0, 0.05) is 5.39 Å². The van der Waals surface area contributed by atoms with Crippen molar-refractivity contribution in [2.24, 2.45) is 0 Å². The van der Waals surface area contributed by atoms with Gasteiger partial charge in [-0.2, -0.15) is 11.8 Å². The van der Waals surface area contributed by atoms with Crippen molar-refractivity contribution in [1.29, 1.82) is 0 Å². The molecule has 158 valence electrons. The smallest absolute Gasteiger partial charge is 0.258 e. The average Bonchev–Trinajstić information content (AvgIpc) is 3.20. The van der Waals surface area contributed by atoms with Gasteiger partial charge in [-0.05, 0) is 49.6 Å². The molecule has 2 N–H and O–H groups in total. The predicted octanol–water partition coefficient (Wildman–Crippen LogP) is 3.93. The van der Waals surface area contributed by atoms with Gasteiger partial charge in [0.05, 0.1) is 6.04 Å². The summed E-state index contributed by atoms with van der Waals surface area (Å²) in [5.41, 5.74) is 0.777. The molecule has 7 heteroatoms. The third-order valence-electron chi connectivity index (χ3n) is 4.61. The molecular weight excluding hydrogens is 400 g/mol. The third-order valence-corrected chi connectivity index (χ3v) is 5.25. The SMILES string of the molecule is CSCCC(NC(=O)COc1ccccc1)C(=O)NC(C)c1cc2ccccc2o1. The van der Waals surface area contributed by atoms with Crippen LogP contribution in [0.2, 0.25) is 0 Å². The lowest BCUT2D eigenvalue weighted by atomic mass is 10.1. The molecule has 1 aromatic heterocycles. The van der Waals surface area contributed by atoms with Crippen LogP contribution < -0.4 is 15.4 Å². The molecule has 30 heavy (non-hydrogen) atoms. The van der Waals surface area contributed by atoms with E-state index in [4.69, 9.17) is 9.15 Å². The summed E-state index contributed by atoms with van der Waals surface area (Å²) < 4.78 is 11.3. The number of furan rings is 1. The fourth-order valence-corrected chi connectivity index (χ4v) is 3.48. The molecule has 2 unspecified atom stereocenters. The molecular formula is C23H26N2O4S. The van der Waals surface area contributed by atoms with E-state index in [1.54, 1.807) is 23.9 Å². The Morgan fingerprint density at radius 1 is 1.07 bits per heavy atom. The van der Waals surface area contributed by atoms with Gasteiger partial charge in [0.15, 0.2) is 6.61 Å². The first-order valence-corrected chi connectivity index (χ1v) is 11.2. The van der Waals surface area contributed by atoms with Gasteiger partial charge in [0.1, 0.15) is 23.1 Å². The van der Waals surface area contributed by atoms with E-state index < -0.39 is 6.04 Å². The summed E-state index contributed by atoms with van der Waals surface area (Å²) in [6.45, 7) is 1.72.